The third-order valence-electron chi connectivity index (χ3n) is 5.27. The molecule has 0 atom stereocenters. The van der Waals surface area contributed by atoms with Crippen molar-refractivity contribution in [2.24, 2.45) is 0 Å². The normalized spacial score (nSPS) is 10.8. The van der Waals surface area contributed by atoms with Gasteiger partial charge in [-0.25, -0.2) is 4.79 Å². The van der Waals surface area contributed by atoms with Crippen molar-refractivity contribution in [2.75, 3.05) is 5.32 Å². The highest BCUT2D eigenvalue weighted by Crippen LogP contribution is 2.27. The minimum atomic E-state index is -0.495. The zero-order valence-corrected chi connectivity index (χ0v) is 17.6. The standard InChI is InChI=1S/C26H16N2O6/c29-25(24-13-12-23(33-24)17-5-3-6-20(14-17)28(31)32)27-19-10-8-16(9-11-19)21-15-18-4-1-2-7-22(18)34-26(21)30/h1-15H,(H,27,29). The Balaban J connectivity index is 1.34. The lowest BCUT2D eigenvalue weighted by Gasteiger charge is -2.06. The Labute approximate surface area is 192 Å². The van der Waals surface area contributed by atoms with Gasteiger partial charge in [-0.1, -0.05) is 42.5 Å². The van der Waals surface area contributed by atoms with E-state index >= 15 is 0 Å². The number of rotatable bonds is 5. The fraction of sp³-hybridized carbons (Fsp3) is 0. The number of furan rings is 1. The molecule has 1 N–H and O–H groups in total. The van der Waals surface area contributed by atoms with Crippen LogP contribution >= 0.6 is 0 Å². The Bertz CT molecular complexity index is 1600. The zero-order valence-electron chi connectivity index (χ0n) is 17.6. The third kappa shape index (κ3) is 4.07. The third-order valence-corrected chi connectivity index (χ3v) is 5.27. The number of carbonyl (C=O) groups excluding carboxylic acids is 1. The first kappa shape index (κ1) is 20.9. The van der Waals surface area contributed by atoms with Crippen LogP contribution in [0.25, 0.3) is 33.4 Å². The van der Waals surface area contributed by atoms with Crippen LogP contribution in [0.5, 0.6) is 0 Å². The number of carbonyl (C=O) groups is 1. The van der Waals surface area contributed by atoms with Gasteiger partial charge in [-0.2, -0.15) is 0 Å². The number of anilines is 1. The van der Waals surface area contributed by atoms with Crippen LogP contribution in [0.4, 0.5) is 11.4 Å². The average Bonchev–Trinajstić information content (AvgIpc) is 3.35. The van der Waals surface area contributed by atoms with E-state index in [0.717, 1.165) is 5.39 Å². The summed E-state index contributed by atoms with van der Waals surface area (Å²) in [6.45, 7) is 0. The van der Waals surface area contributed by atoms with E-state index in [2.05, 4.69) is 5.32 Å². The Morgan fingerprint density at radius 2 is 1.62 bits per heavy atom. The largest absolute Gasteiger partial charge is 0.451 e. The first-order valence-corrected chi connectivity index (χ1v) is 10.3. The van der Waals surface area contributed by atoms with Crippen LogP contribution < -0.4 is 10.9 Å². The van der Waals surface area contributed by atoms with Gasteiger partial charge >= 0.3 is 5.63 Å². The van der Waals surface area contributed by atoms with E-state index in [1.807, 2.05) is 12.1 Å². The summed E-state index contributed by atoms with van der Waals surface area (Å²) in [7, 11) is 0. The quantitative estimate of drug-likeness (QED) is 0.202. The second-order valence-corrected chi connectivity index (χ2v) is 7.49. The molecule has 2 heterocycles. The smallest absolute Gasteiger partial charge is 0.344 e. The van der Waals surface area contributed by atoms with E-state index < -0.39 is 16.5 Å². The Morgan fingerprint density at radius 1 is 0.824 bits per heavy atom. The van der Waals surface area contributed by atoms with Gasteiger partial charge in [0.2, 0.25) is 0 Å². The number of hydrogen-bond acceptors (Lipinski definition) is 6. The summed E-state index contributed by atoms with van der Waals surface area (Å²) in [6, 6.07) is 24.9. The summed E-state index contributed by atoms with van der Waals surface area (Å²) in [6.07, 6.45) is 0. The summed E-state index contributed by atoms with van der Waals surface area (Å²) in [4.78, 5) is 35.5. The maximum absolute atomic E-state index is 12.6. The molecule has 8 nitrogen and oxygen atoms in total. The van der Waals surface area contributed by atoms with Crippen molar-refractivity contribution < 1.29 is 18.6 Å². The highest BCUT2D eigenvalue weighted by molar-refractivity contribution is 6.02. The van der Waals surface area contributed by atoms with Gasteiger partial charge in [0.1, 0.15) is 11.3 Å². The van der Waals surface area contributed by atoms with E-state index in [9.17, 15) is 19.7 Å². The molecule has 0 bridgehead atoms. The van der Waals surface area contributed by atoms with Crippen molar-refractivity contribution in [3.63, 3.8) is 0 Å². The number of hydrogen-bond donors (Lipinski definition) is 1. The van der Waals surface area contributed by atoms with Crippen molar-refractivity contribution in [2.45, 2.75) is 0 Å². The van der Waals surface area contributed by atoms with Gasteiger partial charge in [0.25, 0.3) is 11.6 Å². The maximum atomic E-state index is 12.6. The molecule has 2 aromatic heterocycles. The van der Waals surface area contributed by atoms with Crippen molar-refractivity contribution in [3.8, 4) is 22.5 Å². The number of non-ortho nitro benzene ring substituents is 1. The zero-order chi connectivity index (χ0) is 23.7. The van der Waals surface area contributed by atoms with Crippen LogP contribution in [0.15, 0.2) is 105 Å². The fourth-order valence-electron chi connectivity index (χ4n) is 3.58. The minimum absolute atomic E-state index is 0.0563. The summed E-state index contributed by atoms with van der Waals surface area (Å²) in [5, 5.41) is 14.5. The Morgan fingerprint density at radius 3 is 2.41 bits per heavy atom. The number of para-hydroxylation sites is 1. The molecule has 0 fully saturated rings. The monoisotopic (exact) mass is 452 g/mol. The number of nitrogens with zero attached hydrogens (tertiary/aromatic N) is 1. The number of fused-ring (bicyclic) bond motifs is 1. The van der Waals surface area contributed by atoms with Crippen molar-refractivity contribution in [3.05, 3.63) is 117 Å². The molecule has 5 aromatic rings. The van der Waals surface area contributed by atoms with E-state index in [0.29, 0.717) is 33.7 Å². The molecule has 0 spiro atoms. The molecule has 166 valence electrons. The number of nitro groups is 1. The van der Waals surface area contributed by atoms with E-state index in [1.165, 1.54) is 18.2 Å². The summed E-state index contributed by atoms with van der Waals surface area (Å²) in [5.74, 6) is -0.0809. The molecule has 3 aromatic carbocycles. The highest BCUT2D eigenvalue weighted by atomic mass is 16.6. The number of nitro benzene ring substituents is 1. The summed E-state index contributed by atoms with van der Waals surface area (Å²) in [5.41, 5.74) is 2.08. The first-order chi connectivity index (χ1) is 16.5. The van der Waals surface area contributed by atoms with Crippen LogP contribution in [0.2, 0.25) is 0 Å². The number of nitrogens with one attached hydrogen (secondary N) is 1. The van der Waals surface area contributed by atoms with Gasteiger partial charge in [0.05, 0.1) is 10.5 Å². The number of amides is 1. The van der Waals surface area contributed by atoms with Crippen LogP contribution in [0.1, 0.15) is 10.6 Å². The average molecular weight is 452 g/mol. The molecular weight excluding hydrogens is 436 g/mol. The second kappa shape index (κ2) is 8.51. The van der Waals surface area contributed by atoms with Crippen molar-refractivity contribution >= 4 is 28.3 Å². The van der Waals surface area contributed by atoms with Crippen molar-refractivity contribution in [1.29, 1.82) is 0 Å². The molecule has 0 unspecified atom stereocenters. The fourth-order valence-corrected chi connectivity index (χ4v) is 3.58. The van der Waals surface area contributed by atoms with Gasteiger partial charge in [0.15, 0.2) is 5.76 Å². The van der Waals surface area contributed by atoms with E-state index in [1.54, 1.807) is 60.7 Å². The Kier molecular flexibility index (Phi) is 5.23. The van der Waals surface area contributed by atoms with Crippen LogP contribution in [-0.4, -0.2) is 10.8 Å². The lowest BCUT2D eigenvalue weighted by Crippen LogP contribution is -2.10. The Hall–Kier alpha value is -4.98. The molecular formula is C26H16N2O6. The molecule has 8 heteroatoms. The molecule has 0 saturated carbocycles. The SMILES string of the molecule is O=C(Nc1ccc(-c2cc3ccccc3oc2=O)cc1)c1ccc(-c2cccc([N+](=O)[O-])c2)o1. The molecule has 0 aliphatic rings. The van der Waals surface area contributed by atoms with E-state index in [4.69, 9.17) is 8.83 Å². The predicted octanol–water partition coefficient (Wildman–Crippen LogP) is 5.88. The van der Waals surface area contributed by atoms with Crippen LogP contribution in [0.3, 0.4) is 0 Å². The second-order valence-electron chi connectivity index (χ2n) is 7.49. The van der Waals surface area contributed by atoms with Crippen LogP contribution in [0, 0.1) is 10.1 Å². The molecule has 0 saturated heterocycles. The van der Waals surface area contributed by atoms with Gasteiger partial charge in [-0.05, 0) is 42.0 Å². The van der Waals surface area contributed by atoms with Crippen molar-refractivity contribution in [1.82, 2.24) is 0 Å². The van der Waals surface area contributed by atoms with E-state index in [-0.39, 0.29) is 11.4 Å². The molecule has 0 radical (unpaired) electrons. The lowest BCUT2D eigenvalue weighted by molar-refractivity contribution is -0.384. The topological polar surface area (TPSA) is 116 Å². The molecule has 0 aliphatic heterocycles. The molecule has 0 aliphatic carbocycles. The minimum Gasteiger partial charge on any atom is -0.451 e. The van der Waals surface area contributed by atoms with Gasteiger partial charge in [-0.3, -0.25) is 14.9 Å². The van der Waals surface area contributed by atoms with Gasteiger partial charge in [-0.15, -0.1) is 0 Å². The van der Waals surface area contributed by atoms with Gasteiger partial charge < -0.3 is 14.2 Å². The first-order valence-electron chi connectivity index (χ1n) is 10.3. The molecule has 1 amide bonds. The lowest BCUT2D eigenvalue weighted by atomic mass is 10.1. The summed E-state index contributed by atoms with van der Waals surface area (Å²) < 4.78 is 11.0. The molecule has 5 rings (SSSR count). The maximum Gasteiger partial charge on any atom is 0.344 e. The highest BCUT2D eigenvalue weighted by Gasteiger charge is 2.15. The summed E-state index contributed by atoms with van der Waals surface area (Å²) >= 11 is 0. The van der Waals surface area contributed by atoms with Crippen LogP contribution in [-0.2, 0) is 0 Å². The number of benzene rings is 3. The predicted molar refractivity (Wildman–Crippen MR) is 127 cm³/mol. The molecule has 34 heavy (non-hydrogen) atoms. The van der Waals surface area contributed by atoms with Gasteiger partial charge in [0, 0.05) is 28.8 Å².